The van der Waals surface area contributed by atoms with Gasteiger partial charge >= 0.3 is 0 Å². The van der Waals surface area contributed by atoms with Gasteiger partial charge in [0.25, 0.3) is 0 Å². The molecule has 0 aliphatic carbocycles. The molecule has 0 saturated heterocycles. The van der Waals surface area contributed by atoms with Crippen molar-refractivity contribution < 1.29 is 0 Å². The van der Waals surface area contributed by atoms with E-state index in [1.54, 1.807) is 0 Å². The minimum absolute atomic E-state index is 0.658. The first-order valence-electron chi connectivity index (χ1n) is 14.3. The number of benzene rings is 6. The second-order valence-electron chi connectivity index (χ2n) is 10.4. The molecule has 0 unspecified atom stereocenters. The lowest BCUT2D eigenvalue weighted by Crippen LogP contribution is -2.01. The third-order valence-corrected chi connectivity index (χ3v) is 8.90. The summed E-state index contributed by atoms with van der Waals surface area (Å²) in [5.74, 6) is 1.97. The van der Waals surface area contributed by atoms with Crippen LogP contribution in [0.1, 0.15) is 0 Å². The van der Waals surface area contributed by atoms with E-state index in [4.69, 9.17) is 15.0 Å². The van der Waals surface area contributed by atoms with Crippen LogP contribution in [0.2, 0.25) is 0 Å². The number of rotatable bonds is 5. The van der Waals surface area contributed by atoms with Crippen molar-refractivity contribution in [3.05, 3.63) is 152 Å². The van der Waals surface area contributed by atoms with Crippen molar-refractivity contribution in [2.24, 2.45) is 0 Å². The number of thiophene rings is 1. The molecule has 0 aliphatic rings. The summed E-state index contributed by atoms with van der Waals surface area (Å²) in [7, 11) is 0. The van der Waals surface area contributed by atoms with E-state index in [1.165, 1.54) is 31.3 Å². The number of aromatic nitrogens is 3. The predicted molar refractivity (Wildman–Crippen MR) is 180 cm³/mol. The minimum Gasteiger partial charge on any atom is -0.208 e. The van der Waals surface area contributed by atoms with Gasteiger partial charge in [0.05, 0.1) is 0 Å². The van der Waals surface area contributed by atoms with Crippen LogP contribution in [0.15, 0.2) is 152 Å². The van der Waals surface area contributed by atoms with Crippen molar-refractivity contribution in [3.63, 3.8) is 0 Å². The predicted octanol–water partition coefficient (Wildman–Crippen LogP) is 10.6. The molecule has 0 spiro atoms. The van der Waals surface area contributed by atoms with E-state index < -0.39 is 0 Å². The zero-order valence-electron chi connectivity index (χ0n) is 23.2. The fraction of sp³-hybridized carbons (Fsp3) is 0. The lowest BCUT2D eigenvalue weighted by molar-refractivity contribution is 1.07. The molecule has 2 heterocycles. The molecule has 4 heteroatoms. The number of hydrogen-bond donors (Lipinski definition) is 0. The summed E-state index contributed by atoms with van der Waals surface area (Å²) < 4.78 is 2.51. The molecule has 3 nitrogen and oxygen atoms in total. The highest BCUT2D eigenvalue weighted by Gasteiger charge is 2.20. The molecule has 8 rings (SSSR count). The highest BCUT2D eigenvalue weighted by molar-refractivity contribution is 7.26. The van der Waals surface area contributed by atoms with Crippen LogP contribution in [-0.4, -0.2) is 15.0 Å². The Labute approximate surface area is 253 Å². The van der Waals surface area contributed by atoms with Gasteiger partial charge in [-0.2, -0.15) is 0 Å². The van der Waals surface area contributed by atoms with Crippen LogP contribution in [0.25, 0.3) is 76.6 Å². The van der Waals surface area contributed by atoms with Gasteiger partial charge in [-0.15, -0.1) is 11.3 Å². The van der Waals surface area contributed by atoms with Crippen molar-refractivity contribution >= 4 is 31.5 Å². The van der Waals surface area contributed by atoms with Gasteiger partial charge in [-0.25, -0.2) is 15.0 Å². The molecule has 202 valence electrons. The van der Waals surface area contributed by atoms with E-state index in [2.05, 4.69) is 91.0 Å². The molecule has 43 heavy (non-hydrogen) atoms. The first-order valence-corrected chi connectivity index (χ1v) is 15.1. The fourth-order valence-corrected chi connectivity index (χ4v) is 6.81. The number of fused-ring (bicyclic) bond motifs is 3. The third kappa shape index (κ3) is 4.68. The van der Waals surface area contributed by atoms with Crippen LogP contribution in [0, 0.1) is 0 Å². The van der Waals surface area contributed by atoms with E-state index in [0.717, 1.165) is 27.8 Å². The Kier molecular flexibility index (Phi) is 6.32. The van der Waals surface area contributed by atoms with Crippen molar-refractivity contribution in [1.82, 2.24) is 15.0 Å². The summed E-state index contributed by atoms with van der Waals surface area (Å²) in [4.78, 5) is 15.1. The average molecular weight is 568 g/mol. The van der Waals surface area contributed by atoms with Crippen molar-refractivity contribution in [2.75, 3.05) is 0 Å². The quantitative estimate of drug-likeness (QED) is 0.208. The average Bonchev–Trinajstić information content (AvgIpc) is 3.48. The maximum absolute atomic E-state index is 5.10. The van der Waals surface area contributed by atoms with Crippen LogP contribution in [0.3, 0.4) is 0 Å². The van der Waals surface area contributed by atoms with Crippen molar-refractivity contribution in [2.45, 2.75) is 0 Å². The molecule has 8 aromatic rings. The fourth-order valence-electron chi connectivity index (χ4n) is 5.69. The molecule has 0 radical (unpaired) electrons. The highest BCUT2D eigenvalue weighted by Crippen LogP contribution is 2.45. The van der Waals surface area contributed by atoms with Crippen LogP contribution in [0.4, 0.5) is 0 Å². The Morgan fingerprint density at radius 1 is 0.349 bits per heavy atom. The largest absolute Gasteiger partial charge is 0.208 e. The Bertz CT molecular complexity index is 2150. The van der Waals surface area contributed by atoms with E-state index in [-0.39, 0.29) is 0 Å². The van der Waals surface area contributed by atoms with E-state index in [0.29, 0.717) is 17.5 Å². The summed E-state index contributed by atoms with van der Waals surface area (Å²) in [5.41, 5.74) is 7.56. The minimum atomic E-state index is 0.658. The standard InChI is InChI=1S/C39H25N3S/c1-4-12-26(13-5-1)27-20-22-28(23-21-27)35-32(24-25-34-36(35)31-18-10-11-19-33(31)43-34)39-41-37(29-14-6-2-7-15-29)40-38(42-39)30-16-8-3-9-17-30/h1-25H. The van der Waals surface area contributed by atoms with Crippen LogP contribution in [0.5, 0.6) is 0 Å². The van der Waals surface area contributed by atoms with E-state index in [9.17, 15) is 0 Å². The lowest BCUT2D eigenvalue weighted by Gasteiger charge is -2.14. The molecule has 0 N–H and O–H groups in total. The highest BCUT2D eigenvalue weighted by atomic mass is 32.1. The molecule has 0 fully saturated rings. The first-order chi connectivity index (χ1) is 21.3. The monoisotopic (exact) mass is 567 g/mol. The van der Waals surface area contributed by atoms with Crippen molar-refractivity contribution in [3.8, 4) is 56.4 Å². The zero-order chi connectivity index (χ0) is 28.6. The van der Waals surface area contributed by atoms with Gasteiger partial charge in [0.2, 0.25) is 0 Å². The molecule has 0 aliphatic heterocycles. The SMILES string of the molecule is c1ccc(-c2ccc(-c3c(-c4nc(-c5ccccc5)nc(-c5ccccc5)n4)ccc4sc5ccccc5c34)cc2)cc1. The summed E-state index contributed by atoms with van der Waals surface area (Å²) in [6.45, 7) is 0. The molecule has 0 amide bonds. The second kappa shape index (κ2) is 10.8. The van der Waals surface area contributed by atoms with E-state index >= 15 is 0 Å². The van der Waals surface area contributed by atoms with Crippen LogP contribution < -0.4 is 0 Å². The van der Waals surface area contributed by atoms with Crippen molar-refractivity contribution in [1.29, 1.82) is 0 Å². The van der Waals surface area contributed by atoms with Gasteiger partial charge in [0.1, 0.15) is 0 Å². The Hall–Kier alpha value is -5.45. The molecular formula is C39H25N3S. The second-order valence-corrected chi connectivity index (χ2v) is 11.5. The van der Waals surface area contributed by atoms with Crippen LogP contribution >= 0.6 is 11.3 Å². The number of hydrogen-bond acceptors (Lipinski definition) is 4. The van der Waals surface area contributed by atoms with E-state index in [1.807, 2.05) is 72.0 Å². The Morgan fingerprint density at radius 2 is 0.837 bits per heavy atom. The van der Waals surface area contributed by atoms with Gasteiger partial charge in [-0.05, 0) is 34.9 Å². The maximum Gasteiger partial charge on any atom is 0.164 e. The van der Waals surface area contributed by atoms with Crippen LogP contribution in [-0.2, 0) is 0 Å². The maximum atomic E-state index is 5.10. The van der Waals surface area contributed by atoms with Gasteiger partial charge in [0.15, 0.2) is 17.5 Å². The normalized spacial score (nSPS) is 11.3. The molecule has 0 saturated carbocycles. The summed E-state index contributed by atoms with van der Waals surface area (Å²) in [6.07, 6.45) is 0. The van der Waals surface area contributed by atoms with Gasteiger partial charge < -0.3 is 0 Å². The molecular weight excluding hydrogens is 543 g/mol. The summed E-state index contributed by atoms with van der Waals surface area (Å²) >= 11 is 1.82. The molecule has 6 aromatic carbocycles. The zero-order valence-corrected chi connectivity index (χ0v) is 24.0. The molecule has 0 bridgehead atoms. The molecule has 0 atom stereocenters. The number of nitrogens with zero attached hydrogens (tertiary/aromatic N) is 3. The third-order valence-electron chi connectivity index (χ3n) is 7.76. The molecule has 2 aromatic heterocycles. The topological polar surface area (TPSA) is 38.7 Å². The summed E-state index contributed by atoms with van der Waals surface area (Å²) in [5, 5.41) is 2.47. The van der Waals surface area contributed by atoms with Gasteiger partial charge in [-0.1, -0.05) is 133 Å². The first kappa shape index (κ1) is 25.3. The van der Waals surface area contributed by atoms with Gasteiger partial charge in [0, 0.05) is 42.4 Å². The summed E-state index contributed by atoms with van der Waals surface area (Å²) in [6, 6.07) is 52.7. The Morgan fingerprint density at radius 3 is 1.47 bits per heavy atom. The Balaban J connectivity index is 1.40. The lowest BCUT2D eigenvalue weighted by atomic mass is 9.92. The smallest absolute Gasteiger partial charge is 0.164 e. The van der Waals surface area contributed by atoms with Gasteiger partial charge in [-0.3, -0.25) is 0 Å².